The second-order valence-corrected chi connectivity index (χ2v) is 4.36. The van der Waals surface area contributed by atoms with Crippen LogP contribution in [0.25, 0.3) is 0 Å². The summed E-state index contributed by atoms with van der Waals surface area (Å²) in [6.45, 7) is 0. The van der Waals surface area contributed by atoms with Gasteiger partial charge in [-0.1, -0.05) is 6.07 Å². The summed E-state index contributed by atoms with van der Waals surface area (Å²) in [7, 11) is 0. The lowest BCUT2D eigenvalue weighted by Crippen LogP contribution is -2.45. The fourth-order valence-electron chi connectivity index (χ4n) is 2.13. The van der Waals surface area contributed by atoms with Gasteiger partial charge in [0.25, 0.3) is 0 Å². The predicted octanol–water partition coefficient (Wildman–Crippen LogP) is 1.93. The van der Waals surface area contributed by atoms with E-state index in [-0.39, 0.29) is 5.75 Å². The summed E-state index contributed by atoms with van der Waals surface area (Å²) in [5, 5.41) is 11.3. The monoisotopic (exact) mass is 259 g/mol. The van der Waals surface area contributed by atoms with E-state index >= 15 is 0 Å². The number of alkyl halides is 3. The van der Waals surface area contributed by atoms with Gasteiger partial charge in [0.15, 0.2) is 0 Å². The van der Waals surface area contributed by atoms with E-state index in [4.69, 9.17) is 0 Å². The first kappa shape index (κ1) is 12.7. The van der Waals surface area contributed by atoms with Crippen LogP contribution >= 0.6 is 0 Å². The molecule has 0 bridgehead atoms. The molecule has 0 spiro atoms. The summed E-state index contributed by atoms with van der Waals surface area (Å²) in [6, 6.07) is 4.27. The molecule has 0 aromatic heterocycles. The standard InChI is InChI=1S/C12H12F3NO2/c13-12(14,15)11(18)16-9-3-1-8-6-10(17)4-2-7(8)5-9/h2,4,6,9,17H,1,3,5H2,(H,16,18)/t9-/m0/s1. The van der Waals surface area contributed by atoms with Crippen molar-refractivity contribution < 1.29 is 23.1 Å². The maximum Gasteiger partial charge on any atom is 0.471 e. The van der Waals surface area contributed by atoms with Crippen molar-refractivity contribution in [3.05, 3.63) is 29.3 Å². The van der Waals surface area contributed by atoms with Crippen LogP contribution in [0, 0.1) is 0 Å². The Hall–Kier alpha value is -1.72. The van der Waals surface area contributed by atoms with Gasteiger partial charge in [-0.2, -0.15) is 13.2 Å². The number of hydrogen-bond acceptors (Lipinski definition) is 2. The van der Waals surface area contributed by atoms with E-state index < -0.39 is 18.1 Å². The molecule has 1 atom stereocenters. The highest BCUT2D eigenvalue weighted by molar-refractivity contribution is 5.82. The van der Waals surface area contributed by atoms with Crippen LogP contribution in [0.5, 0.6) is 5.75 Å². The van der Waals surface area contributed by atoms with Gasteiger partial charge in [0.05, 0.1) is 0 Å². The molecule has 0 saturated heterocycles. The highest BCUT2D eigenvalue weighted by atomic mass is 19.4. The SMILES string of the molecule is O=C(N[C@H]1CCc2cc(O)ccc2C1)C(F)(F)F. The molecule has 1 aromatic rings. The number of phenols is 1. The summed E-state index contributed by atoms with van der Waals surface area (Å²) < 4.78 is 36.3. The van der Waals surface area contributed by atoms with Gasteiger partial charge in [0.2, 0.25) is 0 Å². The number of aromatic hydroxyl groups is 1. The molecule has 1 aromatic carbocycles. The highest BCUT2D eigenvalue weighted by Gasteiger charge is 2.40. The number of amides is 1. The molecule has 6 heteroatoms. The molecule has 0 unspecified atom stereocenters. The molecule has 0 saturated carbocycles. The molecule has 0 heterocycles. The van der Waals surface area contributed by atoms with Crippen LogP contribution in [0.15, 0.2) is 18.2 Å². The maximum atomic E-state index is 12.1. The maximum absolute atomic E-state index is 12.1. The molecule has 0 aliphatic heterocycles. The third-order valence-corrected chi connectivity index (χ3v) is 3.01. The number of halogens is 3. The summed E-state index contributed by atoms with van der Waals surface area (Å²) >= 11 is 0. The second-order valence-electron chi connectivity index (χ2n) is 4.36. The van der Waals surface area contributed by atoms with E-state index in [1.54, 1.807) is 12.1 Å². The lowest BCUT2D eigenvalue weighted by Gasteiger charge is -2.25. The predicted molar refractivity (Wildman–Crippen MR) is 58.1 cm³/mol. The zero-order valence-electron chi connectivity index (χ0n) is 9.42. The van der Waals surface area contributed by atoms with Crippen LogP contribution < -0.4 is 5.32 Å². The largest absolute Gasteiger partial charge is 0.508 e. The molecule has 3 nitrogen and oxygen atoms in total. The normalized spacial score (nSPS) is 19.2. The third-order valence-electron chi connectivity index (χ3n) is 3.01. The highest BCUT2D eigenvalue weighted by Crippen LogP contribution is 2.25. The van der Waals surface area contributed by atoms with Gasteiger partial charge in [-0.25, -0.2) is 0 Å². The van der Waals surface area contributed by atoms with Crippen molar-refractivity contribution in [2.75, 3.05) is 0 Å². The Morgan fingerprint density at radius 1 is 1.33 bits per heavy atom. The Labute approximate surface area is 102 Å². The second kappa shape index (κ2) is 4.51. The fraction of sp³-hybridized carbons (Fsp3) is 0.417. The summed E-state index contributed by atoms with van der Waals surface area (Å²) in [5.41, 5.74) is 1.79. The number of fused-ring (bicyclic) bond motifs is 1. The minimum absolute atomic E-state index is 0.145. The van der Waals surface area contributed by atoms with Crippen LogP contribution in [0.1, 0.15) is 17.5 Å². The van der Waals surface area contributed by atoms with E-state index in [9.17, 15) is 23.1 Å². The Bertz CT molecular complexity index is 471. The molecule has 98 valence electrons. The molecular formula is C12H12F3NO2. The Morgan fingerprint density at radius 3 is 2.72 bits per heavy atom. The van der Waals surface area contributed by atoms with Crippen LogP contribution in [0.4, 0.5) is 13.2 Å². The molecule has 1 aliphatic carbocycles. The van der Waals surface area contributed by atoms with Crippen molar-refractivity contribution in [3.63, 3.8) is 0 Å². The summed E-state index contributed by atoms with van der Waals surface area (Å²) in [6.07, 6.45) is -3.49. The fourth-order valence-corrected chi connectivity index (χ4v) is 2.13. The zero-order valence-corrected chi connectivity index (χ0v) is 9.42. The van der Waals surface area contributed by atoms with E-state index in [0.717, 1.165) is 11.1 Å². The van der Waals surface area contributed by atoms with Crippen molar-refractivity contribution in [2.45, 2.75) is 31.5 Å². The lowest BCUT2D eigenvalue weighted by atomic mass is 9.88. The topological polar surface area (TPSA) is 49.3 Å². The number of aryl methyl sites for hydroxylation is 1. The molecule has 2 N–H and O–H groups in total. The van der Waals surface area contributed by atoms with Crippen molar-refractivity contribution in [3.8, 4) is 5.75 Å². The minimum Gasteiger partial charge on any atom is -0.508 e. The Balaban J connectivity index is 2.04. The van der Waals surface area contributed by atoms with E-state index in [2.05, 4.69) is 0 Å². The average molecular weight is 259 g/mol. The molecule has 1 amide bonds. The Morgan fingerprint density at radius 2 is 2.06 bits per heavy atom. The van der Waals surface area contributed by atoms with Crippen LogP contribution in [0.2, 0.25) is 0 Å². The molecular weight excluding hydrogens is 247 g/mol. The van der Waals surface area contributed by atoms with Crippen molar-refractivity contribution in [2.24, 2.45) is 0 Å². The van der Waals surface area contributed by atoms with Crippen LogP contribution in [-0.4, -0.2) is 23.2 Å². The molecule has 0 fully saturated rings. The van der Waals surface area contributed by atoms with Gasteiger partial charge < -0.3 is 10.4 Å². The number of phenolic OH excluding ortho intramolecular Hbond substituents is 1. The van der Waals surface area contributed by atoms with Crippen molar-refractivity contribution in [1.82, 2.24) is 5.32 Å². The zero-order chi connectivity index (χ0) is 13.3. The van der Waals surface area contributed by atoms with E-state index in [0.29, 0.717) is 19.3 Å². The van der Waals surface area contributed by atoms with Gasteiger partial charge >= 0.3 is 12.1 Å². The number of carbonyl (C=O) groups excluding carboxylic acids is 1. The first-order valence-electron chi connectivity index (χ1n) is 5.54. The van der Waals surface area contributed by atoms with E-state index in [1.165, 1.54) is 6.07 Å². The molecule has 2 rings (SSSR count). The van der Waals surface area contributed by atoms with Crippen molar-refractivity contribution >= 4 is 5.91 Å². The van der Waals surface area contributed by atoms with Crippen molar-refractivity contribution in [1.29, 1.82) is 0 Å². The quantitative estimate of drug-likeness (QED) is 0.809. The van der Waals surface area contributed by atoms with E-state index in [1.807, 2.05) is 5.32 Å². The van der Waals surface area contributed by atoms with Gasteiger partial charge in [0, 0.05) is 6.04 Å². The molecule has 18 heavy (non-hydrogen) atoms. The number of benzene rings is 1. The third kappa shape index (κ3) is 2.75. The Kier molecular flexibility index (Phi) is 3.19. The number of nitrogens with one attached hydrogen (secondary N) is 1. The van der Waals surface area contributed by atoms with Gasteiger partial charge in [0.1, 0.15) is 5.75 Å². The van der Waals surface area contributed by atoms with Crippen LogP contribution in [0.3, 0.4) is 0 Å². The molecule has 0 radical (unpaired) electrons. The number of hydrogen-bond donors (Lipinski definition) is 2. The smallest absolute Gasteiger partial charge is 0.471 e. The lowest BCUT2D eigenvalue weighted by molar-refractivity contribution is -0.174. The number of carbonyl (C=O) groups is 1. The van der Waals surface area contributed by atoms with Gasteiger partial charge in [-0.3, -0.25) is 4.79 Å². The first-order chi connectivity index (χ1) is 8.36. The van der Waals surface area contributed by atoms with Crippen LogP contribution in [-0.2, 0) is 17.6 Å². The first-order valence-corrected chi connectivity index (χ1v) is 5.54. The molecule has 1 aliphatic rings. The minimum atomic E-state index is -4.84. The van der Waals surface area contributed by atoms with Gasteiger partial charge in [-0.05, 0) is 42.5 Å². The summed E-state index contributed by atoms with van der Waals surface area (Å²) in [4.78, 5) is 10.8. The number of rotatable bonds is 1. The van der Waals surface area contributed by atoms with Gasteiger partial charge in [-0.15, -0.1) is 0 Å². The summed E-state index contributed by atoms with van der Waals surface area (Å²) in [5.74, 6) is -1.75. The average Bonchev–Trinajstić information content (AvgIpc) is 2.28.